The first kappa shape index (κ1) is 19.7. The minimum atomic E-state index is -0.711. The molecular formula is C20H32O3. The highest BCUT2D eigenvalue weighted by Crippen LogP contribution is 2.30. The predicted molar refractivity (Wildman–Crippen MR) is 95.6 cm³/mol. The van der Waals surface area contributed by atoms with E-state index in [0.717, 1.165) is 32.1 Å². The lowest BCUT2D eigenvalue weighted by Crippen LogP contribution is -1.92. The lowest BCUT2D eigenvalue weighted by molar-refractivity contribution is -0.137. The Hall–Kier alpha value is -1.35. The second kappa shape index (κ2) is 13.1. The Labute approximate surface area is 141 Å². The van der Waals surface area contributed by atoms with E-state index in [4.69, 9.17) is 9.84 Å². The molecule has 0 aliphatic carbocycles. The zero-order valence-corrected chi connectivity index (χ0v) is 14.5. The summed E-state index contributed by atoms with van der Waals surface area (Å²) in [6.07, 6.45) is 23.8. The van der Waals surface area contributed by atoms with Crippen molar-refractivity contribution in [1.29, 1.82) is 0 Å². The summed E-state index contributed by atoms with van der Waals surface area (Å²) < 4.78 is 5.65. The van der Waals surface area contributed by atoms with E-state index in [2.05, 4.69) is 43.4 Å². The van der Waals surface area contributed by atoms with Crippen LogP contribution in [-0.4, -0.2) is 23.3 Å². The molecule has 1 aliphatic rings. The molecule has 0 bridgehead atoms. The molecule has 1 N–H and O–H groups in total. The van der Waals surface area contributed by atoms with Crippen molar-refractivity contribution in [2.24, 2.45) is 0 Å². The van der Waals surface area contributed by atoms with Crippen LogP contribution < -0.4 is 0 Å². The summed E-state index contributed by atoms with van der Waals surface area (Å²) in [5.41, 5.74) is 0. The summed E-state index contributed by atoms with van der Waals surface area (Å²) in [6.45, 7) is 2.23. The van der Waals surface area contributed by atoms with Crippen LogP contribution in [0, 0.1) is 0 Å². The van der Waals surface area contributed by atoms with E-state index >= 15 is 0 Å². The third-order valence-corrected chi connectivity index (χ3v) is 3.96. The van der Waals surface area contributed by atoms with Crippen LogP contribution in [0.2, 0.25) is 0 Å². The molecule has 2 atom stereocenters. The predicted octanol–water partition coefficient (Wildman–Crippen LogP) is 5.43. The maximum Gasteiger partial charge on any atom is 0.303 e. The third kappa shape index (κ3) is 11.8. The Balaban J connectivity index is 1.90. The number of allylic oxidation sites excluding steroid dienone is 5. The molecule has 1 heterocycles. The molecule has 0 aromatic heterocycles. The van der Waals surface area contributed by atoms with E-state index in [-0.39, 0.29) is 6.42 Å². The first-order valence-corrected chi connectivity index (χ1v) is 9.08. The van der Waals surface area contributed by atoms with Crippen molar-refractivity contribution < 1.29 is 14.6 Å². The highest BCUT2D eigenvalue weighted by Gasteiger charge is 2.36. The normalized spacial score (nSPS) is 20.9. The Kier molecular flexibility index (Phi) is 11.2. The van der Waals surface area contributed by atoms with Gasteiger partial charge in [-0.1, -0.05) is 62.6 Å². The van der Waals surface area contributed by atoms with Gasteiger partial charge in [0.1, 0.15) is 0 Å². The van der Waals surface area contributed by atoms with Crippen LogP contribution in [0.4, 0.5) is 0 Å². The molecule has 23 heavy (non-hydrogen) atoms. The monoisotopic (exact) mass is 320 g/mol. The number of epoxide rings is 1. The highest BCUT2D eigenvalue weighted by molar-refractivity contribution is 5.66. The fourth-order valence-corrected chi connectivity index (χ4v) is 2.50. The van der Waals surface area contributed by atoms with Crippen LogP contribution in [0.25, 0.3) is 0 Å². The van der Waals surface area contributed by atoms with Crippen LogP contribution in [0.15, 0.2) is 36.5 Å². The van der Waals surface area contributed by atoms with Gasteiger partial charge in [-0.3, -0.25) is 4.79 Å². The Morgan fingerprint density at radius 2 is 1.70 bits per heavy atom. The molecule has 3 nitrogen and oxygen atoms in total. The van der Waals surface area contributed by atoms with E-state index in [9.17, 15) is 4.79 Å². The van der Waals surface area contributed by atoms with Crippen molar-refractivity contribution in [2.75, 3.05) is 0 Å². The Bertz CT molecular complexity index is 396. The van der Waals surface area contributed by atoms with Gasteiger partial charge in [0.2, 0.25) is 0 Å². The zero-order chi connectivity index (χ0) is 16.8. The van der Waals surface area contributed by atoms with Crippen molar-refractivity contribution in [3.63, 3.8) is 0 Å². The van der Waals surface area contributed by atoms with E-state index in [1.54, 1.807) is 0 Å². The summed E-state index contributed by atoms with van der Waals surface area (Å²) in [6, 6.07) is 0. The highest BCUT2D eigenvalue weighted by atomic mass is 16.6. The van der Waals surface area contributed by atoms with Gasteiger partial charge in [-0.15, -0.1) is 0 Å². The standard InChI is InChI=1S/C20H32O3/c1-2-3-12-15-18-19(23-18)16-13-10-8-6-4-5-7-9-11-14-17-20(21)22/h6-10,13,18-19H,2-5,11-12,14-17H2,1H3,(H,21,22)/b8-6+,9-7+,13-10+/t18-,19-/m0/s1. The quantitative estimate of drug-likeness (QED) is 0.201. The number of carbonyl (C=O) groups is 1. The molecule has 0 saturated carbocycles. The van der Waals surface area contributed by atoms with Gasteiger partial charge in [0.25, 0.3) is 0 Å². The summed E-state index contributed by atoms with van der Waals surface area (Å²) >= 11 is 0. The third-order valence-electron chi connectivity index (χ3n) is 3.96. The van der Waals surface area contributed by atoms with Gasteiger partial charge in [-0.25, -0.2) is 0 Å². The van der Waals surface area contributed by atoms with Gasteiger partial charge < -0.3 is 9.84 Å². The minimum absolute atomic E-state index is 0.263. The van der Waals surface area contributed by atoms with Gasteiger partial charge in [-0.2, -0.15) is 0 Å². The van der Waals surface area contributed by atoms with Gasteiger partial charge in [-0.05, 0) is 38.5 Å². The topological polar surface area (TPSA) is 49.8 Å². The van der Waals surface area contributed by atoms with Crippen molar-refractivity contribution >= 4 is 5.97 Å². The Morgan fingerprint density at radius 1 is 0.957 bits per heavy atom. The van der Waals surface area contributed by atoms with Crippen LogP contribution in [-0.2, 0) is 9.53 Å². The molecule has 1 rings (SSSR count). The van der Waals surface area contributed by atoms with Gasteiger partial charge in [0.15, 0.2) is 0 Å². The molecule has 0 aromatic rings. The molecule has 130 valence electrons. The number of unbranched alkanes of at least 4 members (excludes halogenated alkanes) is 4. The smallest absolute Gasteiger partial charge is 0.303 e. The zero-order valence-electron chi connectivity index (χ0n) is 14.5. The molecule has 0 aromatic carbocycles. The summed E-state index contributed by atoms with van der Waals surface area (Å²) in [5.74, 6) is -0.711. The fraction of sp³-hybridized carbons (Fsp3) is 0.650. The molecule has 0 amide bonds. The Morgan fingerprint density at radius 3 is 2.48 bits per heavy atom. The van der Waals surface area contributed by atoms with Gasteiger partial charge in [0, 0.05) is 6.42 Å². The first-order chi connectivity index (χ1) is 11.2. The van der Waals surface area contributed by atoms with Crippen molar-refractivity contribution in [1.82, 2.24) is 0 Å². The van der Waals surface area contributed by atoms with Gasteiger partial charge in [0.05, 0.1) is 12.2 Å². The van der Waals surface area contributed by atoms with Gasteiger partial charge >= 0.3 is 5.97 Å². The molecule has 1 fully saturated rings. The number of hydrogen-bond acceptors (Lipinski definition) is 2. The summed E-state index contributed by atoms with van der Waals surface area (Å²) in [7, 11) is 0. The van der Waals surface area contributed by atoms with Crippen LogP contribution in [0.5, 0.6) is 0 Å². The number of hydrogen-bond donors (Lipinski definition) is 1. The number of carboxylic acid groups (broad SMARTS) is 1. The van der Waals surface area contributed by atoms with Crippen LogP contribution in [0.3, 0.4) is 0 Å². The number of aliphatic carboxylic acids is 1. The van der Waals surface area contributed by atoms with Crippen molar-refractivity contribution in [3.05, 3.63) is 36.5 Å². The molecule has 1 saturated heterocycles. The fourth-order valence-electron chi connectivity index (χ4n) is 2.50. The van der Waals surface area contributed by atoms with E-state index < -0.39 is 5.97 Å². The number of ether oxygens (including phenoxy) is 1. The number of carboxylic acids is 1. The lowest BCUT2D eigenvalue weighted by Gasteiger charge is -1.93. The maximum atomic E-state index is 10.3. The van der Waals surface area contributed by atoms with Crippen LogP contribution >= 0.6 is 0 Å². The largest absolute Gasteiger partial charge is 0.481 e. The van der Waals surface area contributed by atoms with Crippen molar-refractivity contribution in [2.45, 2.75) is 83.3 Å². The summed E-state index contributed by atoms with van der Waals surface area (Å²) in [5, 5.41) is 8.51. The molecule has 1 aliphatic heterocycles. The van der Waals surface area contributed by atoms with Crippen LogP contribution in [0.1, 0.15) is 71.1 Å². The molecule has 3 heteroatoms. The minimum Gasteiger partial charge on any atom is -0.481 e. The molecular weight excluding hydrogens is 288 g/mol. The van der Waals surface area contributed by atoms with Crippen molar-refractivity contribution in [3.8, 4) is 0 Å². The average molecular weight is 320 g/mol. The second-order valence-electron chi connectivity index (χ2n) is 6.14. The van der Waals surface area contributed by atoms with E-state index in [1.807, 2.05) is 0 Å². The van der Waals surface area contributed by atoms with E-state index in [1.165, 1.54) is 25.7 Å². The first-order valence-electron chi connectivity index (χ1n) is 9.08. The summed E-state index contributed by atoms with van der Waals surface area (Å²) in [4.78, 5) is 10.3. The maximum absolute atomic E-state index is 10.3. The number of rotatable bonds is 14. The lowest BCUT2D eigenvalue weighted by atomic mass is 10.1. The molecule has 0 unspecified atom stereocenters. The average Bonchev–Trinajstić information content (AvgIpc) is 3.27. The molecule has 0 spiro atoms. The van der Waals surface area contributed by atoms with E-state index in [0.29, 0.717) is 12.2 Å². The molecule has 0 radical (unpaired) electrons. The second-order valence-corrected chi connectivity index (χ2v) is 6.14. The SMILES string of the molecule is CCCCC[C@@H]1O[C@H]1C/C=C/C=C/CC/C=C/CCCC(=O)O.